The van der Waals surface area contributed by atoms with Crippen LogP contribution in [0, 0.1) is 0 Å². The van der Waals surface area contributed by atoms with Crippen molar-refractivity contribution in [2.75, 3.05) is 32.8 Å². The summed E-state index contributed by atoms with van der Waals surface area (Å²) in [6.45, 7) is 4.96. The highest BCUT2D eigenvalue weighted by Crippen LogP contribution is 2.13. The van der Waals surface area contributed by atoms with E-state index in [9.17, 15) is 4.79 Å². The first-order valence-corrected chi connectivity index (χ1v) is 16.7. The Hall–Kier alpha value is -0.810. The topological polar surface area (TPSA) is 121 Å². The zero-order valence-corrected chi connectivity index (χ0v) is 25.7. The molecule has 0 radical (unpaired) electrons. The molecular weight excluding hydrogens is 510 g/mol. The molecule has 9 nitrogen and oxygen atoms in total. The number of rotatable bonds is 36. The molecule has 0 spiro atoms. The average Bonchev–Trinajstić information content (AvgIpc) is 2.95. The Morgan fingerprint density at radius 3 is 1.15 bits per heavy atom. The second-order valence-electron chi connectivity index (χ2n) is 11.2. The van der Waals surface area contributed by atoms with Crippen LogP contribution >= 0.6 is 0 Å². The van der Waals surface area contributed by atoms with Crippen molar-refractivity contribution in [1.82, 2.24) is 16.3 Å². The monoisotopic (exact) mass is 575 g/mol. The highest BCUT2D eigenvalue weighted by molar-refractivity contribution is 5.66. The molecule has 0 amide bonds. The number of hydrogen-bond donors (Lipinski definition) is 5. The molecule has 0 aliphatic heterocycles. The van der Waals surface area contributed by atoms with Gasteiger partial charge < -0.3 is 15.7 Å². The zero-order valence-electron chi connectivity index (χ0n) is 25.7. The highest BCUT2D eigenvalue weighted by atomic mass is 17.6. The van der Waals surface area contributed by atoms with Crippen LogP contribution in [-0.2, 0) is 19.7 Å². The van der Waals surface area contributed by atoms with Crippen molar-refractivity contribution in [2.24, 2.45) is 0 Å². The van der Waals surface area contributed by atoms with Crippen LogP contribution in [0.25, 0.3) is 0 Å². The molecule has 0 aromatic carbocycles. The summed E-state index contributed by atoms with van der Waals surface area (Å²) in [7, 11) is 0. The summed E-state index contributed by atoms with van der Waals surface area (Å²) >= 11 is 0. The van der Waals surface area contributed by atoms with Crippen molar-refractivity contribution in [1.29, 1.82) is 0 Å². The van der Waals surface area contributed by atoms with Crippen LogP contribution in [0.4, 0.5) is 0 Å². The van der Waals surface area contributed by atoms with Gasteiger partial charge in [-0.3, -0.25) is 10.0 Å². The molecule has 40 heavy (non-hydrogen) atoms. The Kier molecular flexibility index (Phi) is 35.5. The minimum absolute atomic E-state index is 0.334. The number of hydrogen-bond acceptors (Lipinski definition) is 8. The molecule has 0 rings (SSSR count). The normalized spacial score (nSPS) is 11.4. The highest BCUT2D eigenvalue weighted by Gasteiger charge is 1.98. The van der Waals surface area contributed by atoms with E-state index in [1.54, 1.807) is 0 Å². The molecule has 0 saturated heterocycles. The molecule has 9 heteroatoms. The smallest absolute Gasteiger partial charge is 0.303 e. The van der Waals surface area contributed by atoms with Gasteiger partial charge in [-0.25, -0.2) is 4.89 Å². The van der Waals surface area contributed by atoms with Gasteiger partial charge in [-0.2, -0.15) is 0 Å². The largest absolute Gasteiger partial charge is 0.481 e. The van der Waals surface area contributed by atoms with E-state index in [1.807, 2.05) is 0 Å². The maximum absolute atomic E-state index is 10.5. The summed E-state index contributed by atoms with van der Waals surface area (Å²) in [6.07, 6.45) is 30.9. The van der Waals surface area contributed by atoms with Gasteiger partial charge in [0.05, 0.1) is 6.61 Å². The molecule has 0 aromatic heterocycles. The Labute approximate surface area is 245 Å². The van der Waals surface area contributed by atoms with Crippen LogP contribution in [0.2, 0.25) is 0 Å². The van der Waals surface area contributed by atoms with Crippen molar-refractivity contribution in [3.63, 3.8) is 0 Å². The van der Waals surface area contributed by atoms with E-state index in [0.29, 0.717) is 13.0 Å². The van der Waals surface area contributed by atoms with E-state index in [-0.39, 0.29) is 0 Å². The number of nitrogens with one attached hydrogen (secondary N) is 3. The predicted molar refractivity (Wildman–Crippen MR) is 162 cm³/mol. The van der Waals surface area contributed by atoms with Crippen molar-refractivity contribution in [3.8, 4) is 0 Å². The first-order chi connectivity index (χ1) is 19.8. The Balaban J connectivity index is 3.03. The lowest BCUT2D eigenvalue weighted by Crippen LogP contribution is -2.17. The predicted octanol–water partition coefficient (Wildman–Crippen LogP) is 7.78. The van der Waals surface area contributed by atoms with Crippen molar-refractivity contribution >= 4 is 5.97 Å². The van der Waals surface area contributed by atoms with E-state index in [4.69, 9.17) is 10.3 Å². The van der Waals surface area contributed by atoms with Gasteiger partial charge in [0.15, 0.2) is 0 Å². The third-order valence-corrected chi connectivity index (χ3v) is 7.40. The van der Waals surface area contributed by atoms with E-state index >= 15 is 0 Å². The maximum atomic E-state index is 10.5. The number of carboxylic acid groups (broad SMARTS) is 1. The minimum atomic E-state index is -0.660. The van der Waals surface area contributed by atoms with Crippen LogP contribution in [0.3, 0.4) is 0 Å². The third kappa shape index (κ3) is 37.2. The summed E-state index contributed by atoms with van der Waals surface area (Å²) in [4.78, 5) is 19.1. The molecule has 0 fully saturated rings. The lowest BCUT2D eigenvalue weighted by atomic mass is 10.0. The third-order valence-electron chi connectivity index (χ3n) is 7.40. The van der Waals surface area contributed by atoms with Crippen LogP contribution in [0.15, 0.2) is 0 Å². The first kappa shape index (κ1) is 39.2. The second-order valence-corrected chi connectivity index (χ2v) is 11.2. The van der Waals surface area contributed by atoms with Gasteiger partial charge in [-0.15, -0.1) is 0 Å². The fraction of sp³-hybridized carbons (Fsp3) is 0.968. The van der Waals surface area contributed by atoms with Gasteiger partial charge in [-0.05, 0) is 81.8 Å². The molecule has 5 N–H and O–H groups in total. The molecule has 0 aliphatic rings. The van der Waals surface area contributed by atoms with Crippen LogP contribution in [-0.4, -0.2) is 49.1 Å². The molecular formula is C31H65N3O6. The average molecular weight is 576 g/mol. The summed E-state index contributed by atoms with van der Waals surface area (Å²) in [6, 6.07) is 0. The Morgan fingerprint density at radius 1 is 0.475 bits per heavy atom. The van der Waals surface area contributed by atoms with Gasteiger partial charge in [0.1, 0.15) is 0 Å². The van der Waals surface area contributed by atoms with Gasteiger partial charge in [-0.1, -0.05) is 114 Å². The quantitative estimate of drug-likeness (QED) is 0.0290. The van der Waals surface area contributed by atoms with Crippen LogP contribution in [0.5, 0.6) is 0 Å². The minimum Gasteiger partial charge on any atom is -0.481 e. The summed E-state index contributed by atoms with van der Waals surface area (Å²) in [5.41, 5.74) is 1.38. The van der Waals surface area contributed by atoms with E-state index in [0.717, 1.165) is 45.2 Å². The van der Waals surface area contributed by atoms with E-state index < -0.39 is 5.97 Å². The van der Waals surface area contributed by atoms with Crippen molar-refractivity contribution in [3.05, 3.63) is 0 Å². The van der Waals surface area contributed by atoms with Crippen molar-refractivity contribution in [2.45, 2.75) is 161 Å². The summed E-state index contributed by atoms with van der Waals surface area (Å²) < 4.78 is 0. The van der Waals surface area contributed by atoms with E-state index in [1.165, 1.54) is 141 Å². The summed E-state index contributed by atoms with van der Waals surface area (Å²) in [5.74, 6) is -0.660. The fourth-order valence-corrected chi connectivity index (χ4v) is 4.94. The SMILES string of the molecule is O=C(O)CCCCCCCCCCCCCCCCCNCCCCCCCCNCCCCCOOONO. The molecule has 0 aromatic rings. The second kappa shape index (κ2) is 36.2. The number of carbonyl (C=O) groups is 1. The fourth-order valence-electron chi connectivity index (χ4n) is 4.94. The van der Waals surface area contributed by atoms with Gasteiger partial charge in [0.2, 0.25) is 0 Å². The van der Waals surface area contributed by atoms with Gasteiger partial charge in [0, 0.05) is 6.42 Å². The first-order valence-electron chi connectivity index (χ1n) is 16.7. The number of aliphatic carboxylic acids is 1. The molecule has 0 saturated carbocycles. The van der Waals surface area contributed by atoms with Crippen LogP contribution in [0.1, 0.15) is 161 Å². The van der Waals surface area contributed by atoms with Gasteiger partial charge in [0.25, 0.3) is 0 Å². The van der Waals surface area contributed by atoms with E-state index in [2.05, 4.69) is 25.5 Å². The van der Waals surface area contributed by atoms with Crippen molar-refractivity contribution < 1.29 is 30.0 Å². The van der Waals surface area contributed by atoms with Gasteiger partial charge >= 0.3 is 5.97 Å². The molecule has 0 bridgehead atoms. The van der Waals surface area contributed by atoms with Crippen LogP contribution < -0.4 is 16.3 Å². The zero-order chi connectivity index (χ0) is 29.0. The molecule has 0 heterocycles. The Bertz CT molecular complexity index is 488. The number of carboxylic acids is 1. The number of unbranched alkanes of at least 4 members (excludes halogenated alkanes) is 21. The molecule has 0 atom stereocenters. The standard InChI is InChI=1S/C31H65N3O6/c35-31(36)25-19-14-10-8-6-4-2-1-3-5-7-9-11-15-20-26-32-27-21-16-12-13-17-22-28-33-29-23-18-24-30-38-40-39-34-37/h32-34,37H,1-30H2,(H,35,36). The molecule has 0 aliphatic carbocycles. The molecule has 240 valence electrons. The summed E-state index contributed by atoms with van der Waals surface area (Å²) in [5, 5.41) is 28.0. The maximum Gasteiger partial charge on any atom is 0.303 e. The lowest BCUT2D eigenvalue weighted by Gasteiger charge is -2.06. The lowest BCUT2D eigenvalue weighted by molar-refractivity contribution is -0.557. The molecule has 0 unspecified atom stereocenters. The Morgan fingerprint density at radius 2 is 0.800 bits per heavy atom.